The van der Waals surface area contributed by atoms with Gasteiger partial charge in [0.1, 0.15) is 6.04 Å². The molecule has 0 bridgehead atoms. The minimum absolute atomic E-state index is 0. The number of carboxylic acids is 1. The van der Waals surface area contributed by atoms with Gasteiger partial charge in [0.15, 0.2) is 0 Å². The molecule has 1 heterocycles. The average Bonchev–Trinajstić information content (AvgIpc) is 2.40. The van der Waals surface area contributed by atoms with E-state index in [0.717, 1.165) is 11.3 Å². The monoisotopic (exact) mass is 314 g/mol. The van der Waals surface area contributed by atoms with Gasteiger partial charge in [0.25, 0.3) is 0 Å². The maximum atomic E-state index is 10.7. The predicted molar refractivity (Wildman–Crippen MR) is 83.5 cm³/mol. The number of aliphatic carboxylic acids is 1. The van der Waals surface area contributed by atoms with Gasteiger partial charge in [0, 0.05) is 17.7 Å². The molecule has 0 aliphatic heterocycles. The van der Waals surface area contributed by atoms with Crippen molar-refractivity contribution in [2.75, 3.05) is 0 Å². The number of pyridine rings is 1. The number of benzene rings is 1. The first-order valence-corrected chi connectivity index (χ1v) is 5.66. The molecule has 0 aliphatic carbocycles. The van der Waals surface area contributed by atoms with Crippen LogP contribution in [0, 0.1) is 0 Å². The van der Waals surface area contributed by atoms with Gasteiger partial charge in [-0.3, -0.25) is 9.78 Å². The van der Waals surface area contributed by atoms with Crippen molar-refractivity contribution >= 4 is 30.8 Å². The summed E-state index contributed by atoms with van der Waals surface area (Å²) in [6.07, 6.45) is 0.232. The van der Waals surface area contributed by atoms with Crippen LogP contribution in [0.2, 0.25) is 0 Å². The summed E-state index contributed by atoms with van der Waals surface area (Å²) in [7, 11) is 0. The van der Waals surface area contributed by atoms with Crippen LogP contribution < -0.4 is 5.73 Å². The third kappa shape index (κ3) is 4.81. The van der Waals surface area contributed by atoms with Crippen molar-refractivity contribution < 1.29 is 9.90 Å². The van der Waals surface area contributed by atoms with Crippen molar-refractivity contribution in [3.8, 4) is 11.3 Å². The number of nitrogens with two attached hydrogens (primary N) is 1. The lowest BCUT2D eigenvalue weighted by atomic mass is 10.1. The van der Waals surface area contributed by atoms with E-state index in [1.165, 1.54) is 0 Å². The molecule has 108 valence electrons. The van der Waals surface area contributed by atoms with Gasteiger partial charge in [-0.05, 0) is 12.1 Å². The number of hydrogen-bond donors (Lipinski definition) is 2. The van der Waals surface area contributed by atoms with E-state index in [9.17, 15) is 4.79 Å². The molecule has 1 aromatic carbocycles. The molecular formula is C14H16Cl2N2O2. The third-order valence-corrected chi connectivity index (χ3v) is 2.62. The second kappa shape index (κ2) is 8.53. The minimum atomic E-state index is -1.01. The molecule has 4 nitrogen and oxygen atoms in total. The van der Waals surface area contributed by atoms with Gasteiger partial charge in [-0.15, -0.1) is 24.8 Å². The zero-order valence-electron chi connectivity index (χ0n) is 10.6. The van der Waals surface area contributed by atoms with E-state index >= 15 is 0 Å². The number of aromatic nitrogens is 1. The van der Waals surface area contributed by atoms with Gasteiger partial charge in [-0.2, -0.15) is 0 Å². The molecule has 1 unspecified atom stereocenters. The van der Waals surface area contributed by atoms with Crippen molar-refractivity contribution in [2.45, 2.75) is 12.5 Å². The summed E-state index contributed by atoms with van der Waals surface area (Å²) in [5, 5.41) is 8.78. The molecule has 2 rings (SSSR count). The van der Waals surface area contributed by atoms with E-state index in [0.29, 0.717) is 5.69 Å². The summed E-state index contributed by atoms with van der Waals surface area (Å²) >= 11 is 0. The van der Waals surface area contributed by atoms with Crippen molar-refractivity contribution in [1.82, 2.24) is 4.98 Å². The van der Waals surface area contributed by atoms with Crippen LogP contribution in [-0.4, -0.2) is 22.1 Å². The standard InChI is InChI=1S/C14H14N2O2.2ClH/c15-12(14(17)18)9-11-7-4-8-13(16-11)10-5-2-1-3-6-10;;/h1-8,12H,9,15H2,(H,17,18);2*1H. The highest BCUT2D eigenvalue weighted by atomic mass is 35.5. The summed E-state index contributed by atoms with van der Waals surface area (Å²) in [5.41, 5.74) is 8.01. The maximum absolute atomic E-state index is 10.7. The molecule has 3 N–H and O–H groups in total. The lowest BCUT2D eigenvalue weighted by Crippen LogP contribution is -2.32. The molecule has 0 saturated carbocycles. The summed E-state index contributed by atoms with van der Waals surface area (Å²) in [6, 6.07) is 14.4. The molecule has 0 saturated heterocycles. The van der Waals surface area contributed by atoms with Crippen LogP contribution >= 0.6 is 24.8 Å². The highest BCUT2D eigenvalue weighted by molar-refractivity contribution is 5.85. The van der Waals surface area contributed by atoms with Crippen LogP contribution in [-0.2, 0) is 11.2 Å². The Kier molecular flexibility index (Phi) is 7.84. The lowest BCUT2D eigenvalue weighted by molar-refractivity contribution is -0.138. The summed E-state index contributed by atoms with van der Waals surface area (Å²) in [5.74, 6) is -1.01. The van der Waals surface area contributed by atoms with Crippen LogP contribution in [0.3, 0.4) is 0 Å². The Morgan fingerprint density at radius 1 is 1.10 bits per heavy atom. The Hall–Kier alpha value is -1.62. The average molecular weight is 315 g/mol. The number of rotatable bonds is 4. The highest BCUT2D eigenvalue weighted by Gasteiger charge is 2.13. The normalized spacial score (nSPS) is 10.8. The maximum Gasteiger partial charge on any atom is 0.320 e. The number of carbonyl (C=O) groups is 1. The zero-order valence-corrected chi connectivity index (χ0v) is 12.2. The second-order valence-electron chi connectivity index (χ2n) is 4.03. The van der Waals surface area contributed by atoms with E-state index in [-0.39, 0.29) is 31.2 Å². The fourth-order valence-electron chi connectivity index (χ4n) is 1.68. The molecular weight excluding hydrogens is 299 g/mol. The van der Waals surface area contributed by atoms with Gasteiger partial charge >= 0.3 is 5.97 Å². The van der Waals surface area contributed by atoms with Crippen molar-refractivity contribution in [3.63, 3.8) is 0 Å². The molecule has 0 spiro atoms. The van der Waals surface area contributed by atoms with Gasteiger partial charge in [-0.1, -0.05) is 36.4 Å². The Balaban J connectivity index is 0.00000180. The number of carboxylic acid groups (broad SMARTS) is 1. The van der Waals surface area contributed by atoms with Crippen molar-refractivity contribution in [3.05, 3.63) is 54.2 Å². The Labute approximate surface area is 129 Å². The fourth-order valence-corrected chi connectivity index (χ4v) is 1.68. The van der Waals surface area contributed by atoms with Gasteiger partial charge in [0.2, 0.25) is 0 Å². The van der Waals surface area contributed by atoms with Crippen LogP contribution in [0.15, 0.2) is 48.5 Å². The van der Waals surface area contributed by atoms with E-state index in [2.05, 4.69) is 4.98 Å². The Morgan fingerprint density at radius 3 is 2.35 bits per heavy atom. The molecule has 1 aromatic heterocycles. The van der Waals surface area contributed by atoms with Crippen LogP contribution in [0.5, 0.6) is 0 Å². The van der Waals surface area contributed by atoms with Crippen molar-refractivity contribution in [1.29, 1.82) is 0 Å². The Morgan fingerprint density at radius 2 is 1.75 bits per heavy atom. The smallest absolute Gasteiger partial charge is 0.320 e. The first-order chi connectivity index (χ1) is 8.66. The van der Waals surface area contributed by atoms with Gasteiger partial charge < -0.3 is 10.8 Å². The second-order valence-corrected chi connectivity index (χ2v) is 4.03. The molecule has 0 aliphatic rings. The van der Waals surface area contributed by atoms with E-state index in [1.54, 1.807) is 6.07 Å². The lowest BCUT2D eigenvalue weighted by Gasteiger charge is -2.07. The van der Waals surface area contributed by atoms with E-state index in [1.807, 2.05) is 42.5 Å². The molecule has 0 fully saturated rings. The fraction of sp³-hybridized carbons (Fsp3) is 0.143. The highest BCUT2D eigenvalue weighted by Crippen LogP contribution is 2.16. The largest absolute Gasteiger partial charge is 0.480 e. The first-order valence-electron chi connectivity index (χ1n) is 5.66. The molecule has 2 aromatic rings. The van der Waals surface area contributed by atoms with E-state index < -0.39 is 12.0 Å². The number of nitrogens with zero attached hydrogens (tertiary/aromatic N) is 1. The molecule has 6 heteroatoms. The van der Waals surface area contributed by atoms with Crippen LogP contribution in [0.25, 0.3) is 11.3 Å². The first kappa shape index (κ1) is 18.4. The molecule has 0 amide bonds. The molecule has 1 atom stereocenters. The zero-order chi connectivity index (χ0) is 13.0. The summed E-state index contributed by atoms with van der Waals surface area (Å²) in [6.45, 7) is 0. The van der Waals surface area contributed by atoms with E-state index in [4.69, 9.17) is 10.8 Å². The van der Waals surface area contributed by atoms with Gasteiger partial charge in [-0.25, -0.2) is 0 Å². The topological polar surface area (TPSA) is 76.2 Å². The quantitative estimate of drug-likeness (QED) is 0.909. The Bertz CT molecular complexity index is 550. The van der Waals surface area contributed by atoms with Crippen LogP contribution in [0.4, 0.5) is 0 Å². The number of hydrogen-bond acceptors (Lipinski definition) is 3. The molecule has 0 radical (unpaired) electrons. The molecule has 20 heavy (non-hydrogen) atoms. The SMILES string of the molecule is Cl.Cl.NC(Cc1cccc(-c2ccccc2)n1)C(=O)O. The minimum Gasteiger partial charge on any atom is -0.480 e. The van der Waals surface area contributed by atoms with Crippen LogP contribution in [0.1, 0.15) is 5.69 Å². The van der Waals surface area contributed by atoms with Crippen molar-refractivity contribution in [2.24, 2.45) is 5.73 Å². The number of halogens is 2. The van der Waals surface area contributed by atoms with Gasteiger partial charge in [0.05, 0.1) is 5.69 Å². The summed E-state index contributed by atoms with van der Waals surface area (Å²) < 4.78 is 0. The summed E-state index contributed by atoms with van der Waals surface area (Å²) in [4.78, 5) is 15.1. The third-order valence-electron chi connectivity index (χ3n) is 2.62. The predicted octanol–water partition coefficient (Wildman–Crippen LogP) is 2.55.